The van der Waals surface area contributed by atoms with Crippen molar-refractivity contribution in [1.29, 1.82) is 0 Å². The number of carbonyl (C=O) groups is 1. The molecule has 1 aliphatic heterocycles. The molecule has 2 heterocycles. The van der Waals surface area contributed by atoms with Crippen LogP contribution in [0, 0.1) is 24.7 Å². The molecule has 0 aliphatic carbocycles. The van der Waals surface area contributed by atoms with Crippen LogP contribution in [-0.2, 0) is 11.3 Å². The number of aliphatic hydroxyl groups is 1. The molecule has 0 saturated carbocycles. The van der Waals surface area contributed by atoms with E-state index in [1.807, 2.05) is 23.6 Å². The lowest BCUT2D eigenvalue weighted by Crippen LogP contribution is -2.40. The molecule has 0 spiro atoms. The number of hydrogen-bond acceptors (Lipinski definition) is 4. The van der Waals surface area contributed by atoms with Crippen LogP contribution in [0.1, 0.15) is 28.8 Å². The van der Waals surface area contributed by atoms with Gasteiger partial charge in [-0.25, -0.2) is 0 Å². The van der Waals surface area contributed by atoms with Crippen molar-refractivity contribution in [3.05, 3.63) is 76.0 Å². The van der Waals surface area contributed by atoms with Gasteiger partial charge < -0.3 is 10.4 Å². The smallest absolute Gasteiger partial charge is 0.228 e. The van der Waals surface area contributed by atoms with Gasteiger partial charge in [-0.2, -0.15) is 0 Å². The SMILES string of the molecule is Cc1cccc(-c2cccc(NC(=O)C3CCCN(Cc4cc(C#CCO)cs4)C3)c2)c1. The standard InChI is InChI=1S/C27H28N2O2S/c1-20-6-2-8-22(14-20)23-9-3-11-25(16-23)28-27(31)24-10-4-12-29(17-24)18-26-15-21(19-32-26)7-5-13-30/h2-3,6,8-9,11,14-16,19,24,30H,4,10,12-13,17-18H2,1H3,(H,28,31). The minimum Gasteiger partial charge on any atom is -0.384 e. The van der Waals surface area contributed by atoms with Crippen LogP contribution < -0.4 is 5.32 Å². The average molecular weight is 445 g/mol. The number of aliphatic hydroxyl groups excluding tert-OH is 1. The number of hydrogen-bond donors (Lipinski definition) is 2. The normalized spacial score (nSPS) is 16.2. The highest BCUT2D eigenvalue weighted by Crippen LogP contribution is 2.26. The Bertz CT molecular complexity index is 1140. The first-order valence-corrected chi connectivity index (χ1v) is 11.9. The zero-order valence-corrected chi connectivity index (χ0v) is 19.1. The molecule has 0 bridgehead atoms. The molecule has 4 rings (SSSR count). The molecule has 2 N–H and O–H groups in total. The van der Waals surface area contributed by atoms with Crippen molar-refractivity contribution >= 4 is 22.9 Å². The van der Waals surface area contributed by atoms with Gasteiger partial charge in [-0.1, -0.05) is 53.8 Å². The van der Waals surface area contributed by atoms with E-state index in [1.165, 1.54) is 10.4 Å². The highest BCUT2D eigenvalue weighted by atomic mass is 32.1. The molecular formula is C27H28N2O2S. The second-order valence-corrected chi connectivity index (χ2v) is 9.27. The summed E-state index contributed by atoms with van der Waals surface area (Å²) in [7, 11) is 0. The number of likely N-dealkylation sites (tertiary alicyclic amines) is 1. The van der Waals surface area contributed by atoms with Crippen molar-refractivity contribution in [2.75, 3.05) is 25.0 Å². The number of anilines is 1. The van der Waals surface area contributed by atoms with E-state index >= 15 is 0 Å². The average Bonchev–Trinajstić information content (AvgIpc) is 3.25. The lowest BCUT2D eigenvalue weighted by molar-refractivity contribution is -0.121. The number of aryl methyl sites for hydroxylation is 1. The van der Waals surface area contributed by atoms with Gasteiger partial charge >= 0.3 is 0 Å². The summed E-state index contributed by atoms with van der Waals surface area (Å²) in [5.74, 6) is 5.72. The van der Waals surface area contributed by atoms with E-state index in [1.54, 1.807) is 11.3 Å². The highest BCUT2D eigenvalue weighted by Gasteiger charge is 2.26. The van der Waals surface area contributed by atoms with Crippen LogP contribution in [0.4, 0.5) is 5.69 Å². The van der Waals surface area contributed by atoms with Crippen LogP contribution >= 0.6 is 11.3 Å². The molecule has 1 amide bonds. The Labute approximate surface area is 193 Å². The maximum absolute atomic E-state index is 13.0. The van der Waals surface area contributed by atoms with Crippen LogP contribution in [0.2, 0.25) is 0 Å². The zero-order valence-electron chi connectivity index (χ0n) is 18.3. The van der Waals surface area contributed by atoms with Crippen molar-refractivity contribution in [1.82, 2.24) is 4.90 Å². The fourth-order valence-corrected chi connectivity index (χ4v) is 5.01. The topological polar surface area (TPSA) is 52.6 Å². The van der Waals surface area contributed by atoms with Gasteiger partial charge in [0.2, 0.25) is 5.91 Å². The quantitative estimate of drug-likeness (QED) is 0.550. The number of amides is 1. The molecule has 0 radical (unpaired) electrons. The monoisotopic (exact) mass is 444 g/mol. The lowest BCUT2D eigenvalue weighted by atomic mass is 9.96. The Morgan fingerprint density at radius 2 is 2.00 bits per heavy atom. The van der Waals surface area contributed by atoms with Gasteiger partial charge in [0, 0.05) is 34.6 Å². The zero-order chi connectivity index (χ0) is 22.3. The second kappa shape index (κ2) is 10.6. The van der Waals surface area contributed by atoms with E-state index in [9.17, 15) is 4.79 Å². The fourth-order valence-electron chi connectivity index (χ4n) is 4.15. The number of thiophene rings is 1. The third-order valence-corrected chi connectivity index (χ3v) is 6.62. The summed E-state index contributed by atoms with van der Waals surface area (Å²) in [6.07, 6.45) is 1.93. The Morgan fingerprint density at radius 3 is 2.81 bits per heavy atom. The molecule has 1 unspecified atom stereocenters. The van der Waals surface area contributed by atoms with E-state index in [-0.39, 0.29) is 18.4 Å². The molecule has 32 heavy (non-hydrogen) atoms. The predicted octanol–water partition coefficient (Wildman–Crippen LogP) is 4.92. The van der Waals surface area contributed by atoms with E-state index < -0.39 is 0 Å². The van der Waals surface area contributed by atoms with Crippen LogP contribution in [0.15, 0.2) is 60.0 Å². The van der Waals surface area contributed by atoms with Crippen LogP contribution in [0.5, 0.6) is 0 Å². The van der Waals surface area contributed by atoms with E-state index in [0.717, 1.165) is 54.9 Å². The summed E-state index contributed by atoms with van der Waals surface area (Å²) < 4.78 is 0. The third-order valence-electron chi connectivity index (χ3n) is 5.70. The molecule has 1 atom stereocenters. The van der Waals surface area contributed by atoms with Gasteiger partial charge in [-0.05, 0) is 55.6 Å². The minimum absolute atomic E-state index is 0.0139. The first-order chi connectivity index (χ1) is 15.6. The maximum Gasteiger partial charge on any atom is 0.228 e. The van der Waals surface area contributed by atoms with Crippen molar-refractivity contribution in [3.8, 4) is 23.0 Å². The molecule has 1 fully saturated rings. The third kappa shape index (κ3) is 5.86. The summed E-state index contributed by atoms with van der Waals surface area (Å²) in [4.78, 5) is 16.6. The fraction of sp³-hybridized carbons (Fsp3) is 0.296. The van der Waals surface area contributed by atoms with Crippen LogP contribution in [0.25, 0.3) is 11.1 Å². The van der Waals surface area contributed by atoms with Crippen LogP contribution in [0.3, 0.4) is 0 Å². The molecule has 1 saturated heterocycles. The van der Waals surface area contributed by atoms with Crippen molar-refractivity contribution in [3.63, 3.8) is 0 Å². The number of piperidine rings is 1. The Balaban J connectivity index is 1.37. The first kappa shape index (κ1) is 22.3. The molecular weight excluding hydrogens is 416 g/mol. The van der Waals surface area contributed by atoms with Gasteiger partial charge in [-0.3, -0.25) is 9.69 Å². The molecule has 164 valence electrons. The molecule has 3 aromatic rings. The van der Waals surface area contributed by atoms with Gasteiger partial charge in [0.1, 0.15) is 6.61 Å². The van der Waals surface area contributed by atoms with E-state index in [2.05, 4.69) is 65.4 Å². The maximum atomic E-state index is 13.0. The van der Waals surface area contributed by atoms with Gasteiger partial charge in [0.15, 0.2) is 0 Å². The second-order valence-electron chi connectivity index (χ2n) is 8.28. The van der Waals surface area contributed by atoms with E-state index in [4.69, 9.17) is 5.11 Å². The number of benzene rings is 2. The van der Waals surface area contributed by atoms with Crippen molar-refractivity contribution < 1.29 is 9.90 Å². The lowest BCUT2D eigenvalue weighted by Gasteiger charge is -2.31. The summed E-state index contributed by atoms with van der Waals surface area (Å²) in [6.45, 7) is 4.56. The highest BCUT2D eigenvalue weighted by molar-refractivity contribution is 7.10. The number of nitrogens with zero attached hydrogens (tertiary/aromatic N) is 1. The van der Waals surface area contributed by atoms with Gasteiger partial charge in [0.25, 0.3) is 0 Å². The molecule has 1 aliphatic rings. The molecule has 5 heteroatoms. The predicted molar refractivity (Wildman–Crippen MR) is 132 cm³/mol. The largest absolute Gasteiger partial charge is 0.384 e. The Kier molecular flexibility index (Phi) is 7.39. The van der Waals surface area contributed by atoms with E-state index in [0.29, 0.717) is 0 Å². The van der Waals surface area contributed by atoms with Crippen LogP contribution in [-0.4, -0.2) is 35.6 Å². The molecule has 4 nitrogen and oxygen atoms in total. The Morgan fingerprint density at radius 1 is 1.19 bits per heavy atom. The molecule has 2 aromatic carbocycles. The Hall–Kier alpha value is -2.91. The van der Waals surface area contributed by atoms with Crippen molar-refractivity contribution in [2.24, 2.45) is 5.92 Å². The molecule has 1 aromatic heterocycles. The van der Waals surface area contributed by atoms with Crippen molar-refractivity contribution in [2.45, 2.75) is 26.3 Å². The summed E-state index contributed by atoms with van der Waals surface area (Å²) in [5, 5.41) is 14.0. The summed E-state index contributed by atoms with van der Waals surface area (Å²) >= 11 is 1.68. The number of carbonyl (C=O) groups excluding carboxylic acids is 1. The minimum atomic E-state index is -0.123. The summed E-state index contributed by atoms with van der Waals surface area (Å²) in [5.41, 5.74) is 5.27. The van der Waals surface area contributed by atoms with Gasteiger partial charge in [-0.15, -0.1) is 11.3 Å². The number of rotatable bonds is 5. The summed E-state index contributed by atoms with van der Waals surface area (Å²) in [6, 6.07) is 18.6. The van der Waals surface area contributed by atoms with Gasteiger partial charge in [0.05, 0.1) is 5.92 Å². The first-order valence-electron chi connectivity index (χ1n) is 11.0. The number of nitrogens with one attached hydrogen (secondary N) is 1.